The molecular weight excluding hydrogens is 342 g/mol. The maximum absolute atomic E-state index is 12.1. The first-order valence-corrected chi connectivity index (χ1v) is 10.2. The normalized spacial score (nSPS) is 15.9. The van der Waals surface area contributed by atoms with E-state index < -0.39 is 10.0 Å². The molecule has 1 fully saturated rings. The van der Waals surface area contributed by atoms with Crippen molar-refractivity contribution >= 4 is 15.9 Å². The molecule has 25 heavy (non-hydrogen) atoms. The van der Waals surface area contributed by atoms with Crippen LogP contribution in [0.2, 0.25) is 0 Å². The van der Waals surface area contributed by atoms with Crippen LogP contribution in [-0.2, 0) is 14.8 Å². The van der Waals surface area contributed by atoms with Gasteiger partial charge in [0, 0.05) is 38.3 Å². The van der Waals surface area contributed by atoms with Gasteiger partial charge in [-0.3, -0.25) is 9.69 Å². The molecule has 8 heteroatoms. The molecule has 1 aromatic carbocycles. The molecule has 1 amide bonds. The SMILES string of the molecule is CCCCNS(=O)(=O)c1ccc(C(=O)NCCN2CCOCC2)cc1. The van der Waals surface area contributed by atoms with Gasteiger partial charge in [-0.2, -0.15) is 0 Å². The van der Waals surface area contributed by atoms with Crippen molar-refractivity contribution in [1.82, 2.24) is 14.9 Å². The van der Waals surface area contributed by atoms with Gasteiger partial charge >= 0.3 is 0 Å². The van der Waals surface area contributed by atoms with Crippen LogP contribution in [0.1, 0.15) is 30.1 Å². The summed E-state index contributed by atoms with van der Waals surface area (Å²) in [5.74, 6) is -0.198. The van der Waals surface area contributed by atoms with Gasteiger partial charge in [0.25, 0.3) is 5.91 Å². The topological polar surface area (TPSA) is 87.7 Å². The smallest absolute Gasteiger partial charge is 0.251 e. The summed E-state index contributed by atoms with van der Waals surface area (Å²) >= 11 is 0. The maximum atomic E-state index is 12.1. The third kappa shape index (κ3) is 6.39. The Labute approximate surface area is 149 Å². The number of hydrogen-bond acceptors (Lipinski definition) is 5. The maximum Gasteiger partial charge on any atom is 0.251 e. The molecular formula is C17H27N3O4S. The van der Waals surface area contributed by atoms with Crippen LogP contribution in [0.25, 0.3) is 0 Å². The number of carbonyl (C=O) groups excluding carboxylic acids is 1. The van der Waals surface area contributed by atoms with Gasteiger partial charge in [-0.15, -0.1) is 0 Å². The summed E-state index contributed by atoms with van der Waals surface area (Å²) in [6.45, 7) is 6.98. The number of morpholine rings is 1. The highest BCUT2D eigenvalue weighted by Crippen LogP contribution is 2.10. The number of rotatable bonds is 9. The van der Waals surface area contributed by atoms with Crippen LogP contribution in [0.5, 0.6) is 0 Å². The van der Waals surface area contributed by atoms with E-state index in [1.165, 1.54) is 12.1 Å². The highest BCUT2D eigenvalue weighted by Gasteiger charge is 2.15. The fourth-order valence-electron chi connectivity index (χ4n) is 2.51. The summed E-state index contributed by atoms with van der Waals surface area (Å²) in [5.41, 5.74) is 0.453. The third-order valence-corrected chi connectivity index (χ3v) is 5.54. The second kappa shape index (κ2) is 9.86. The highest BCUT2D eigenvalue weighted by atomic mass is 32.2. The molecule has 0 aliphatic carbocycles. The molecule has 0 spiro atoms. The zero-order valence-electron chi connectivity index (χ0n) is 14.7. The minimum Gasteiger partial charge on any atom is -0.379 e. The Morgan fingerprint density at radius 3 is 2.48 bits per heavy atom. The van der Waals surface area contributed by atoms with Crippen molar-refractivity contribution < 1.29 is 17.9 Å². The molecule has 1 saturated heterocycles. The molecule has 140 valence electrons. The molecule has 0 atom stereocenters. The van der Waals surface area contributed by atoms with Crippen LogP contribution in [0, 0.1) is 0 Å². The Balaban J connectivity index is 1.82. The summed E-state index contributed by atoms with van der Waals surface area (Å²) < 4.78 is 32.0. The average Bonchev–Trinajstić information content (AvgIpc) is 2.63. The molecule has 0 saturated carbocycles. The number of nitrogens with zero attached hydrogens (tertiary/aromatic N) is 1. The molecule has 1 aliphatic rings. The molecule has 1 aromatic rings. The van der Waals surface area contributed by atoms with Crippen LogP contribution < -0.4 is 10.0 Å². The summed E-state index contributed by atoms with van der Waals surface area (Å²) in [5, 5.41) is 2.86. The molecule has 7 nitrogen and oxygen atoms in total. The number of benzene rings is 1. The Bertz CT molecular complexity index is 640. The first kappa shape index (κ1) is 19.8. The van der Waals surface area contributed by atoms with Gasteiger partial charge in [0.05, 0.1) is 18.1 Å². The summed E-state index contributed by atoms with van der Waals surface area (Å²) in [6, 6.07) is 6.01. The van der Waals surface area contributed by atoms with E-state index in [9.17, 15) is 13.2 Å². The lowest BCUT2D eigenvalue weighted by Crippen LogP contribution is -2.41. The van der Waals surface area contributed by atoms with Crippen molar-refractivity contribution in [2.45, 2.75) is 24.7 Å². The number of amides is 1. The summed E-state index contributed by atoms with van der Waals surface area (Å²) in [4.78, 5) is 14.6. The van der Waals surface area contributed by atoms with Gasteiger partial charge < -0.3 is 10.1 Å². The van der Waals surface area contributed by atoms with Crippen LogP contribution in [-0.4, -0.2) is 65.2 Å². The van der Waals surface area contributed by atoms with E-state index >= 15 is 0 Å². The van der Waals surface area contributed by atoms with Crippen molar-refractivity contribution in [3.63, 3.8) is 0 Å². The van der Waals surface area contributed by atoms with E-state index in [0.717, 1.165) is 45.7 Å². The Kier molecular flexibility index (Phi) is 7.83. The number of nitrogens with one attached hydrogen (secondary N) is 2. The lowest BCUT2D eigenvalue weighted by atomic mass is 10.2. The average molecular weight is 369 g/mol. The van der Waals surface area contributed by atoms with Crippen molar-refractivity contribution in [1.29, 1.82) is 0 Å². The number of carbonyl (C=O) groups is 1. The predicted octanol–water partition coefficient (Wildman–Crippen LogP) is 0.827. The van der Waals surface area contributed by atoms with Crippen LogP contribution in [0.3, 0.4) is 0 Å². The van der Waals surface area contributed by atoms with E-state index in [1.807, 2.05) is 6.92 Å². The summed E-state index contributed by atoms with van der Waals surface area (Å²) in [7, 11) is -3.51. The third-order valence-electron chi connectivity index (χ3n) is 4.07. The quantitative estimate of drug-likeness (QED) is 0.630. The van der Waals surface area contributed by atoms with Gasteiger partial charge in [0.1, 0.15) is 0 Å². The zero-order valence-corrected chi connectivity index (χ0v) is 15.5. The molecule has 1 heterocycles. The van der Waals surface area contributed by atoms with Crippen LogP contribution in [0.4, 0.5) is 0 Å². The van der Waals surface area contributed by atoms with Crippen molar-refractivity contribution in [2.24, 2.45) is 0 Å². The van der Waals surface area contributed by atoms with E-state index in [2.05, 4.69) is 14.9 Å². The van der Waals surface area contributed by atoms with E-state index in [-0.39, 0.29) is 10.8 Å². The fraction of sp³-hybridized carbons (Fsp3) is 0.588. The number of hydrogen-bond donors (Lipinski definition) is 2. The lowest BCUT2D eigenvalue weighted by molar-refractivity contribution is 0.0383. The number of ether oxygens (including phenoxy) is 1. The van der Waals surface area contributed by atoms with Gasteiger partial charge in [0.15, 0.2) is 0 Å². The van der Waals surface area contributed by atoms with Crippen molar-refractivity contribution in [2.75, 3.05) is 45.9 Å². The minimum absolute atomic E-state index is 0.175. The van der Waals surface area contributed by atoms with Gasteiger partial charge in [-0.1, -0.05) is 13.3 Å². The zero-order chi connectivity index (χ0) is 18.1. The molecule has 0 radical (unpaired) electrons. The first-order valence-electron chi connectivity index (χ1n) is 8.71. The Morgan fingerprint density at radius 2 is 1.84 bits per heavy atom. The van der Waals surface area contributed by atoms with Crippen molar-refractivity contribution in [3.8, 4) is 0 Å². The molecule has 0 aromatic heterocycles. The van der Waals surface area contributed by atoms with Crippen LogP contribution >= 0.6 is 0 Å². The number of sulfonamides is 1. The molecule has 1 aliphatic heterocycles. The van der Waals surface area contributed by atoms with E-state index in [0.29, 0.717) is 18.7 Å². The van der Waals surface area contributed by atoms with Crippen LogP contribution in [0.15, 0.2) is 29.2 Å². The Morgan fingerprint density at radius 1 is 1.16 bits per heavy atom. The predicted molar refractivity (Wildman–Crippen MR) is 96.1 cm³/mol. The lowest BCUT2D eigenvalue weighted by Gasteiger charge is -2.26. The molecule has 2 rings (SSSR count). The second-order valence-electron chi connectivity index (χ2n) is 5.99. The van der Waals surface area contributed by atoms with Gasteiger partial charge in [0.2, 0.25) is 10.0 Å². The minimum atomic E-state index is -3.51. The monoisotopic (exact) mass is 369 g/mol. The molecule has 2 N–H and O–H groups in total. The van der Waals surface area contributed by atoms with Gasteiger partial charge in [-0.05, 0) is 30.7 Å². The van der Waals surface area contributed by atoms with Gasteiger partial charge in [-0.25, -0.2) is 13.1 Å². The van der Waals surface area contributed by atoms with Crippen molar-refractivity contribution in [3.05, 3.63) is 29.8 Å². The fourth-order valence-corrected chi connectivity index (χ4v) is 3.58. The number of unbranched alkanes of at least 4 members (excludes halogenated alkanes) is 1. The summed E-state index contributed by atoms with van der Waals surface area (Å²) in [6.07, 6.45) is 1.72. The molecule has 0 unspecified atom stereocenters. The Hall–Kier alpha value is -1.48. The molecule has 0 bridgehead atoms. The van der Waals surface area contributed by atoms with E-state index in [1.54, 1.807) is 12.1 Å². The largest absolute Gasteiger partial charge is 0.379 e. The highest BCUT2D eigenvalue weighted by molar-refractivity contribution is 7.89. The first-order chi connectivity index (χ1) is 12.0. The van der Waals surface area contributed by atoms with E-state index in [4.69, 9.17) is 4.74 Å². The standard InChI is InChI=1S/C17H27N3O4S/c1-2-3-8-19-25(22,23)16-6-4-15(5-7-16)17(21)18-9-10-20-11-13-24-14-12-20/h4-7,19H,2-3,8-14H2,1H3,(H,18,21). The second-order valence-corrected chi connectivity index (χ2v) is 7.75.